The fourth-order valence-corrected chi connectivity index (χ4v) is 3.62. The summed E-state index contributed by atoms with van der Waals surface area (Å²) in [6, 6.07) is 5.97. The Morgan fingerprint density at radius 3 is 2.71 bits per heavy atom. The second-order valence-electron chi connectivity index (χ2n) is 7.65. The van der Waals surface area contributed by atoms with Gasteiger partial charge in [-0.25, -0.2) is 0 Å². The van der Waals surface area contributed by atoms with Gasteiger partial charge in [-0.2, -0.15) is 5.10 Å². The van der Waals surface area contributed by atoms with E-state index in [1.807, 2.05) is 31.3 Å². The molecule has 0 amide bonds. The molecule has 154 valence electrons. The van der Waals surface area contributed by atoms with Crippen molar-refractivity contribution >= 4 is 0 Å². The summed E-state index contributed by atoms with van der Waals surface area (Å²) in [7, 11) is 3.73. The van der Waals surface area contributed by atoms with Gasteiger partial charge in [0.1, 0.15) is 12.7 Å². The highest BCUT2D eigenvalue weighted by molar-refractivity contribution is 5.43. The van der Waals surface area contributed by atoms with Gasteiger partial charge in [-0.15, -0.1) is 0 Å². The third-order valence-electron chi connectivity index (χ3n) is 5.15. The molecule has 7 nitrogen and oxygen atoms in total. The summed E-state index contributed by atoms with van der Waals surface area (Å²) in [4.78, 5) is 4.51. The summed E-state index contributed by atoms with van der Waals surface area (Å²) in [5, 5.41) is 17.3. The van der Waals surface area contributed by atoms with E-state index in [2.05, 4.69) is 27.0 Å². The summed E-state index contributed by atoms with van der Waals surface area (Å²) < 4.78 is 11.3. The van der Waals surface area contributed by atoms with Gasteiger partial charge in [0.05, 0.1) is 13.3 Å². The fourth-order valence-electron chi connectivity index (χ4n) is 3.62. The number of β-amino-alcohol motifs (C(OH)–C–C–N with tert-alkyl or cyclic N) is 1. The number of likely N-dealkylation sites (tertiary alicyclic amines) is 1. The average Bonchev–Trinajstić information content (AvgIpc) is 3.32. The van der Waals surface area contributed by atoms with E-state index < -0.39 is 6.10 Å². The fraction of sp³-hybridized carbons (Fsp3) is 0.571. The van der Waals surface area contributed by atoms with Crippen LogP contribution in [-0.2, 0) is 13.1 Å². The number of hydrogen-bond acceptors (Lipinski definition) is 6. The lowest BCUT2D eigenvalue weighted by Gasteiger charge is -2.21. The van der Waals surface area contributed by atoms with Crippen molar-refractivity contribution in [3.8, 4) is 11.5 Å². The summed E-state index contributed by atoms with van der Waals surface area (Å²) >= 11 is 0. The molecular weight excluding hydrogens is 356 g/mol. The first kappa shape index (κ1) is 20.6. The van der Waals surface area contributed by atoms with Crippen molar-refractivity contribution in [2.75, 3.05) is 40.4 Å². The van der Waals surface area contributed by atoms with Crippen LogP contribution in [-0.4, -0.2) is 71.6 Å². The van der Waals surface area contributed by atoms with Crippen LogP contribution in [0.25, 0.3) is 0 Å². The molecule has 1 unspecified atom stereocenters. The lowest BCUT2D eigenvalue weighted by Crippen LogP contribution is -2.33. The van der Waals surface area contributed by atoms with Gasteiger partial charge in [0.15, 0.2) is 11.5 Å². The normalized spacial score (nSPS) is 15.9. The molecule has 0 aliphatic carbocycles. The van der Waals surface area contributed by atoms with Gasteiger partial charge in [-0.1, -0.05) is 6.07 Å². The number of benzene rings is 1. The maximum atomic E-state index is 10.2. The zero-order chi connectivity index (χ0) is 19.9. The number of aliphatic hydroxyl groups excluding tert-OH is 1. The van der Waals surface area contributed by atoms with Gasteiger partial charge in [0.2, 0.25) is 0 Å². The number of nitrogens with one attached hydrogen (secondary N) is 1. The highest BCUT2D eigenvalue weighted by atomic mass is 16.5. The van der Waals surface area contributed by atoms with Crippen LogP contribution >= 0.6 is 0 Å². The first-order valence-corrected chi connectivity index (χ1v) is 9.92. The van der Waals surface area contributed by atoms with Crippen molar-refractivity contribution in [1.82, 2.24) is 20.0 Å². The van der Waals surface area contributed by atoms with Crippen molar-refractivity contribution in [3.63, 3.8) is 0 Å². The van der Waals surface area contributed by atoms with E-state index in [4.69, 9.17) is 9.47 Å². The molecule has 1 aromatic carbocycles. The van der Waals surface area contributed by atoms with Crippen molar-refractivity contribution in [2.24, 2.45) is 0 Å². The number of aromatic amines is 1. The van der Waals surface area contributed by atoms with Crippen LogP contribution < -0.4 is 9.47 Å². The standard InChI is InChI=1S/C21H32N4O3/c1-16-18(11-22-23-16)13-24(2)12-17-6-7-20(21(10-17)27-3)28-15-19(26)14-25-8-4-5-9-25/h6-7,10-11,19,26H,4-5,8-9,12-15H2,1-3H3,(H,22,23). The van der Waals surface area contributed by atoms with Crippen molar-refractivity contribution < 1.29 is 14.6 Å². The molecule has 1 aliphatic rings. The lowest BCUT2D eigenvalue weighted by molar-refractivity contribution is 0.0747. The SMILES string of the molecule is COc1cc(CN(C)Cc2cn[nH]c2C)ccc1OCC(O)CN1CCCC1. The Kier molecular flexibility index (Phi) is 7.30. The predicted octanol–water partition coefficient (Wildman–Crippen LogP) is 2.19. The smallest absolute Gasteiger partial charge is 0.161 e. The number of H-pyrrole nitrogens is 1. The van der Waals surface area contributed by atoms with Crippen molar-refractivity contribution in [3.05, 3.63) is 41.2 Å². The molecular formula is C21H32N4O3. The first-order valence-electron chi connectivity index (χ1n) is 9.92. The summed E-state index contributed by atoms with van der Waals surface area (Å²) in [5.74, 6) is 1.36. The summed E-state index contributed by atoms with van der Waals surface area (Å²) in [6.45, 7) is 6.72. The number of nitrogens with zero attached hydrogens (tertiary/aromatic N) is 3. The molecule has 1 atom stereocenters. The summed E-state index contributed by atoms with van der Waals surface area (Å²) in [5.41, 5.74) is 3.44. The minimum atomic E-state index is -0.494. The van der Waals surface area contributed by atoms with Crippen LogP contribution in [0, 0.1) is 6.92 Å². The van der Waals surface area contributed by atoms with Crippen LogP contribution in [0.2, 0.25) is 0 Å². The second kappa shape index (κ2) is 9.91. The molecule has 0 radical (unpaired) electrons. The molecule has 2 heterocycles. The Morgan fingerprint density at radius 2 is 2.04 bits per heavy atom. The molecule has 1 saturated heterocycles. The van der Waals surface area contributed by atoms with Crippen molar-refractivity contribution in [2.45, 2.75) is 39.0 Å². The maximum absolute atomic E-state index is 10.2. The van der Waals surface area contributed by atoms with E-state index >= 15 is 0 Å². The van der Waals surface area contributed by atoms with E-state index in [1.165, 1.54) is 18.4 Å². The van der Waals surface area contributed by atoms with E-state index in [9.17, 15) is 5.11 Å². The highest BCUT2D eigenvalue weighted by Crippen LogP contribution is 2.29. The zero-order valence-electron chi connectivity index (χ0n) is 17.1. The average molecular weight is 389 g/mol. The van der Waals surface area contributed by atoms with Crippen LogP contribution in [0.15, 0.2) is 24.4 Å². The molecule has 2 aromatic rings. The number of aryl methyl sites for hydroxylation is 1. The van der Waals surface area contributed by atoms with E-state index in [1.54, 1.807) is 7.11 Å². The molecule has 1 aliphatic heterocycles. The number of rotatable bonds is 10. The maximum Gasteiger partial charge on any atom is 0.161 e. The van der Waals surface area contributed by atoms with Gasteiger partial charge in [-0.3, -0.25) is 10.00 Å². The van der Waals surface area contributed by atoms with Gasteiger partial charge in [0, 0.05) is 30.9 Å². The third-order valence-corrected chi connectivity index (χ3v) is 5.15. The molecule has 3 rings (SSSR count). The number of hydrogen-bond donors (Lipinski definition) is 2. The summed E-state index contributed by atoms with van der Waals surface area (Å²) in [6.07, 6.45) is 3.82. The van der Waals surface area contributed by atoms with E-state index in [-0.39, 0.29) is 6.61 Å². The topological polar surface area (TPSA) is 73.8 Å². The Hall–Kier alpha value is -2.09. The van der Waals surface area contributed by atoms with E-state index in [0.717, 1.165) is 37.4 Å². The molecule has 0 saturated carbocycles. The lowest BCUT2D eigenvalue weighted by atomic mass is 10.1. The molecule has 2 N–H and O–H groups in total. The van der Waals surface area contributed by atoms with Gasteiger partial charge in [-0.05, 0) is 57.6 Å². The molecule has 1 fully saturated rings. The molecule has 0 spiro atoms. The van der Waals surface area contributed by atoms with Gasteiger partial charge >= 0.3 is 0 Å². The quantitative estimate of drug-likeness (QED) is 0.650. The number of aliphatic hydroxyl groups is 1. The Balaban J connectivity index is 1.53. The van der Waals surface area contributed by atoms with Crippen LogP contribution in [0.3, 0.4) is 0 Å². The second-order valence-corrected chi connectivity index (χ2v) is 7.65. The monoisotopic (exact) mass is 388 g/mol. The Bertz CT molecular complexity index is 743. The van der Waals surface area contributed by atoms with Gasteiger partial charge < -0.3 is 19.5 Å². The van der Waals surface area contributed by atoms with Crippen LogP contribution in [0.5, 0.6) is 11.5 Å². The third kappa shape index (κ3) is 5.70. The Morgan fingerprint density at radius 1 is 1.25 bits per heavy atom. The minimum absolute atomic E-state index is 0.270. The Labute approximate surface area is 167 Å². The molecule has 1 aromatic heterocycles. The number of methoxy groups -OCH3 is 1. The predicted molar refractivity (Wildman–Crippen MR) is 109 cm³/mol. The van der Waals surface area contributed by atoms with Crippen LogP contribution in [0.4, 0.5) is 0 Å². The zero-order valence-corrected chi connectivity index (χ0v) is 17.1. The minimum Gasteiger partial charge on any atom is -0.493 e. The first-order chi connectivity index (χ1) is 13.5. The largest absolute Gasteiger partial charge is 0.493 e. The number of aromatic nitrogens is 2. The van der Waals surface area contributed by atoms with Crippen molar-refractivity contribution in [1.29, 1.82) is 0 Å². The molecule has 7 heteroatoms. The molecule has 0 bridgehead atoms. The molecule has 28 heavy (non-hydrogen) atoms. The van der Waals surface area contributed by atoms with E-state index in [0.29, 0.717) is 18.0 Å². The van der Waals surface area contributed by atoms with Crippen LogP contribution in [0.1, 0.15) is 29.7 Å². The number of ether oxygens (including phenoxy) is 2. The highest BCUT2D eigenvalue weighted by Gasteiger charge is 2.17. The van der Waals surface area contributed by atoms with Gasteiger partial charge in [0.25, 0.3) is 0 Å².